The Balaban J connectivity index is 3.60. The van der Waals surface area contributed by atoms with Gasteiger partial charge in [-0.25, -0.2) is 4.79 Å². The molecule has 5 heteroatoms. The molecule has 0 fully saturated rings. The Kier molecular flexibility index (Phi) is 6.44. The van der Waals surface area contributed by atoms with Crippen molar-refractivity contribution in [2.45, 2.75) is 19.4 Å². The van der Waals surface area contributed by atoms with Crippen LogP contribution in [0.15, 0.2) is 0 Å². The zero-order valence-corrected chi connectivity index (χ0v) is 9.04. The molecule has 1 atom stereocenters. The highest BCUT2D eigenvalue weighted by molar-refractivity contribution is 5.80. The molecule has 0 aromatic carbocycles. The van der Waals surface area contributed by atoms with Crippen LogP contribution in [0.2, 0.25) is 0 Å². The molecule has 0 heterocycles. The number of hydrogen-bond donors (Lipinski definition) is 1. The van der Waals surface area contributed by atoms with E-state index < -0.39 is 11.5 Å². The topological polar surface area (TPSA) is 70.8 Å². The first-order valence-electron chi connectivity index (χ1n) is 4.57. The van der Waals surface area contributed by atoms with E-state index in [1.54, 1.807) is 6.92 Å². The van der Waals surface area contributed by atoms with E-state index >= 15 is 0 Å². The van der Waals surface area contributed by atoms with Crippen molar-refractivity contribution in [2.75, 3.05) is 33.5 Å². The first-order chi connectivity index (χ1) is 6.54. The fourth-order valence-corrected chi connectivity index (χ4v) is 0.838. The highest BCUT2D eigenvalue weighted by Crippen LogP contribution is 2.02. The highest BCUT2D eigenvalue weighted by atomic mass is 16.5. The highest BCUT2D eigenvalue weighted by Gasteiger charge is 2.29. The maximum atomic E-state index is 11.1. The molecule has 0 aliphatic rings. The summed E-state index contributed by atoms with van der Waals surface area (Å²) in [6.45, 7) is 5.19. The lowest BCUT2D eigenvalue weighted by atomic mass is 10.1. The van der Waals surface area contributed by atoms with Crippen molar-refractivity contribution < 1.29 is 19.0 Å². The molecule has 84 valence electrons. The van der Waals surface area contributed by atoms with Gasteiger partial charge in [0.15, 0.2) is 0 Å². The maximum absolute atomic E-state index is 11.1. The second-order valence-corrected chi connectivity index (χ2v) is 3.16. The Morgan fingerprint density at radius 3 is 2.43 bits per heavy atom. The minimum atomic E-state index is -1.08. The molecule has 0 radical (unpaired) electrons. The molecular weight excluding hydrogens is 186 g/mol. The van der Waals surface area contributed by atoms with Crippen molar-refractivity contribution in [3.8, 4) is 0 Å². The summed E-state index contributed by atoms with van der Waals surface area (Å²) in [5, 5.41) is 0. The van der Waals surface area contributed by atoms with Crippen molar-refractivity contribution >= 4 is 5.97 Å². The van der Waals surface area contributed by atoms with Crippen LogP contribution in [0.4, 0.5) is 0 Å². The second kappa shape index (κ2) is 6.75. The van der Waals surface area contributed by atoms with Crippen molar-refractivity contribution in [1.29, 1.82) is 0 Å². The molecule has 1 unspecified atom stereocenters. The minimum Gasteiger partial charge on any atom is -0.468 e. The van der Waals surface area contributed by atoms with Gasteiger partial charge in [-0.1, -0.05) is 0 Å². The van der Waals surface area contributed by atoms with Gasteiger partial charge in [0, 0.05) is 6.61 Å². The first kappa shape index (κ1) is 13.4. The van der Waals surface area contributed by atoms with Crippen LogP contribution in [-0.2, 0) is 19.0 Å². The lowest BCUT2D eigenvalue weighted by molar-refractivity contribution is -0.149. The van der Waals surface area contributed by atoms with Gasteiger partial charge in [0.2, 0.25) is 0 Å². The van der Waals surface area contributed by atoms with Gasteiger partial charge in [-0.05, 0) is 13.8 Å². The van der Waals surface area contributed by atoms with Crippen molar-refractivity contribution in [1.82, 2.24) is 0 Å². The Hall–Kier alpha value is -0.650. The van der Waals surface area contributed by atoms with E-state index in [-0.39, 0.29) is 6.61 Å². The molecule has 2 N–H and O–H groups in total. The summed E-state index contributed by atoms with van der Waals surface area (Å²) in [4.78, 5) is 11.1. The molecular formula is C9H19NO4. The van der Waals surface area contributed by atoms with Crippen molar-refractivity contribution in [3.63, 3.8) is 0 Å². The summed E-state index contributed by atoms with van der Waals surface area (Å²) < 4.78 is 14.7. The van der Waals surface area contributed by atoms with E-state index in [4.69, 9.17) is 15.2 Å². The number of rotatable bonds is 7. The van der Waals surface area contributed by atoms with E-state index in [1.807, 2.05) is 6.92 Å². The van der Waals surface area contributed by atoms with E-state index in [9.17, 15) is 4.79 Å². The van der Waals surface area contributed by atoms with Crippen LogP contribution in [-0.4, -0.2) is 45.0 Å². The number of hydrogen-bond acceptors (Lipinski definition) is 5. The average Bonchev–Trinajstić information content (AvgIpc) is 2.16. The average molecular weight is 205 g/mol. The maximum Gasteiger partial charge on any atom is 0.327 e. The van der Waals surface area contributed by atoms with Gasteiger partial charge in [-0.2, -0.15) is 0 Å². The van der Waals surface area contributed by atoms with E-state index in [0.29, 0.717) is 19.8 Å². The van der Waals surface area contributed by atoms with E-state index in [1.165, 1.54) is 7.11 Å². The third-order valence-corrected chi connectivity index (χ3v) is 1.63. The summed E-state index contributed by atoms with van der Waals surface area (Å²) in [6, 6.07) is 0. The van der Waals surface area contributed by atoms with Crippen LogP contribution in [0.1, 0.15) is 13.8 Å². The predicted octanol–water partition coefficient (Wildman–Crippen LogP) is -0.0701. The Labute approximate surface area is 84.5 Å². The lowest BCUT2D eigenvalue weighted by Gasteiger charge is -2.20. The lowest BCUT2D eigenvalue weighted by Crippen LogP contribution is -2.50. The predicted molar refractivity (Wildman–Crippen MR) is 51.9 cm³/mol. The molecule has 0 aromatic rings. The van der Waals surface area contributed by atoms with Gasteiger partial charge < -0.3 is 19.9 Å². The Bertz CT molecular complexity index is 170. The van der Waals surface area contributed by atoms with Crippen LogP contribution < -0.4 is 5.73 Å². The molecule has 0 aliphatic carbocycles. The smallest absolute Gasteiger partial charge is 0.327 e. The third kappa shape index (κ3) is 5.16. The molecule has 0 bridgehead atoms. The SMILES string of the molecule is CCOCCOCC(C)(N)C(=O)OC. The summed E-state index contributed by atoms with van der Waals surface area (Å²) in [5.41, 5.74) is 4.56. The molecule has 0 saturated carbocycles. The number of nitrogens with two attached hydrogens (primary N) is 1. The molecule has 0 aromatic heterocycles. The van der Waals surface area contributed by atoms with Crippen LogP contribution in [0.25, 0.3) is 0 Å². The number of methoxy groups -OCH3 is 1. The fourth-order valence-electron chi connectivity index (χ4n) is 0.838. The van der Waals surface area contributed by atoms with Crippen molar-refractivity contribution in [2.24, 2.45) is 5.73 Å². The zero-order valence-electron chi connectivity index (χ0n) is 9.04. The quantitative estimate of drug-likeness (QED) is 0.465. The number of ether oxygens (including phenoxy) is 3. The standard InChI is InChI=1S/C9H19NO4/c1-4-13-5-6-14-7-9(2,10)8(11)12-3/h4-7,10H2,1-3H3. The summed E-state index contributed by atoms with van der Waals surface area (Å²) in [6.07, 6.45) is 0. The third-order valence-electron chi connectivity index (χ3n) is 1.63. The van der Waals surface area contributed by atoms with Gasteiger partial charge in [-0.3, -0.25) is 0 Å². The molecule has 0 spiro atoms. The second-order valence-electron chi connectivity index (χ2n) is 3.16. The monoisotopic (exact) mass is 205 g/mol. The summed E-state index contributed by atoms with van der Waals surface area (Å²) in [5.74, 6) is -0.478. The summed E-state index contributed by atoms with van der Waals surface area (Å²) in [7, 11) is 1.30. The van der Waals surface area contributed by atoms with Crippen LogP contribution in [0.5, 0.6) is 0 Å². The molecule has 5 nitrogen and oxygen atoms in total. The number of carbonyl (C=O) groups is 1. The molecule has 0 rings (SSSR count). The Morgan fingerprint density at radius 1 is 1.36 bits per heavy atom. The molecule has 0 saturated heterocycles. The largest absolute Gasteiger partial charge is 0.468 e. The molecule has 14 heavy (non-hydrogen) atoms. The minimum absolute atomic E-state index is 0.132. The van der Waals surface area contributed by atoms with Crippen LogP contribution in [0.3, 0.4) is 0 Å². The molecule has 0 amide bonds. The van der Waals surface area contributed by atoms with E-state index in [2.05, 4.69) is 4.74 Å². The van der Waals surface area contributed by atoms with Gasteiger partial charge in [0.25, 0.3) is 0 Å². The summed E-state index contributed by atoms with van der Waals surface area (Å²) >= 11 is 0. The van der Waals surface area contributed by atoms with Gasteiger partial charge in [0.1, 0.15) is 5.54 Å². The fraction of sp³-hybridized carbons (Fsp3) is 0.889. The van der Waals surface area contributed by atoms with Gasteiger partial charge >= 0.3 is 5.97 Å². The van der Waals surface area contributed by atoms with Crippen LogP contribution in [0, 0.1) is 0 Å². The van der Waals surface area contributed by atoms with Gasteiger partial charge in [-0.15, -0.1) is 0 Å². The molecule has 0 aliphatic heterocycles. The Morgan fingerprint density at radius 2 is 1.93 bits per heavy atom. The van der Waals surface area contributed by atoms with Crippen molar-refractivity contribution in [3.05, 3.63) is 0 Å². The zero-order chi connectivity index (χ0) is 11.0. The van der Waals surface area contributed by atoms with E-state index in [0.717, 1.165) is 0 Å². The first-order valence-corrected chi connectivity index (χ1v) is 4.57. The van der Waals surface area contributed by atoms with Crippen LogP contribution >= 0.6 is 0 Å². The normalized spacial score (nSPS) is 14.9. The number of carbonyl (C=O) groups excluding carboxylic acids is 1. The number of esters is 1. The van der Waals surface area contributed by atoms with Gasteiger partial charge in [0.05, 0.1) is 26.9 Å².